The van der Waals surface area contributed by atoms with Gasteiger partial charge in [0.2, 0.25) is 0 Å². The molecule has 0 radical (unpaired) electrons. The van der Waals surface area contributed by atoms with E-state index in [0.717, 1.165) is 18.8 Å². The van der Waals surface area contributed by atoms with Crippen LogP contribution in [0.3, 0.4) is 0 Å². The number of hydrogen-bond acceptors (Lipinski definition) is 3. The van der Waals surface area contributed by atoms with Crippen LogP contribution in [0.25, 0.3) is 0 Å². The molecule has 1 N–H and O–H groups in total. The van der Waals surface area contributed by atoms with Gasteiger partial charge in [-0.25, -0.2) is 4.99 Å². The maximum Gasteiger partial charge on any atom is 0.149 e. The van der Waals surface area contributed by atoms with E-state index in [1.165, 1.54) is 5.70 Å². The summed E-state index contributed by atoms with van der Waals surface area (Å²) in [6, 6.07) is 0. The van der Waals surface area contributed by atoms with Gasteiger partial charge in [0.25, 0.3) is 0 Å². The summed E-state index contributed by atoms with van der Waals surface area (Å²) in [5.74, 6) is 0.925. The summed E-state index contributed by atoms with van der Waals surface area (Å²) in [6.45, 7) is 10.7. The summed E-state index contributed by atoms with van der Waals surface area (Å²) in [6.07, 6.45) is 4.48. The van der Waals surface area contributed by atoms with Crippen molar-refractivity contribution in [2.45, 2.75) is 27.2 Å². The molecule has 1 heterocycles. The predicted octanol–water partition coefficient (Wildman–Crippen LogP) is 2.34. The van der Waals surface area contributed by atoms with Gasteiger partial charge in [-0.15, -0.1) is 0 Å². The van der Waals surface area contributed by atoms with Crippen molar-refractivity contribution in [1.82, 2.24) is 10.2 Å². The molecule has 1 aliphatic heterocycles. The van der Waals surface area contributed by atoms with E-state index in [9.17, 15) is 0 Å². The van der Waals surface area contributed by atoms with E-state index in [0.29, 0.717) is 0 Å². The zero-order valence-electron chi connectivity index (χ0n) is 9.67. The molecule has 0 aromatic rings. The highest BCUT2D eigenvalue weighted by molar-refractivity contribution is 5.66. The highest BCUT2D eigenvalue weighted by Crippen LogP contribution is 2.16. The summed E-state index contributed by atoms with van der Waals surface area (Å²) in [5.41, 5.74) is 1.23. The maximum absolute atomic E-state index is 4.21. The van der Waals surface area contributed by atoms with Crippen molar-refractivity contribution >= 4 is 6.21 Å². The van der Waals surface area contributed by atoms with Gasteiger partial charge in [0.1, 0.15) is 5.82 Å². The molecule has 1 aliphatic rings. The highest BCUT2D eigenvalue weighted by Gasteiger charge is 2.12. The summed E-state index contributed by atoms with van der Waals surface area (Å²) in [4.78, 5) is 6.39. The minimum absolute atomic E-state index is 0.917. The minimum Gasteiger partial charge on any atom is -0.375 e. The van der Waals surface area contributed by atoms with Crippen LogP contribution in [-0.4, -0.2) is 24.7 Å². The van der Waals surface area contributed by atoms with Gasteiger partial charge in [-0.2, -0.15) is 0 Å². The minimum atomic E-state index is 0.917. The van der Waals surface area contributed by atoms with Gasteiger partial charge in [-0.05, 0) is 13.1 Å². The zero-order valence-corrected chi connectivity index (χ0v) is 9.67. The van der Waals surface area contributed by atoms with Gasteiger partial charge in [0, 0.05) is 26.2 Å². The molecule has 0 amide bonds. The van der Waals surface area contributed by atoms with Crippen LogP contribution in [0.4, 0.5) is 0 Å². The van der Waals surface area contributed by atoms with Gasteiger partial charge >= 0.3 is 0 Å². The molecule has 0 spiro atoms. The Balaban J connectivity index is 0.000000791. The van der Waals surface area contributed by atoms with Gasteiger partial charge < -0.3 is 10.2 Å². The molecule has 0 fully saturated rings. The van der Waals surface area contributed by atoms with Gasteiger partial charge in [0.05, 0.1) is 5.70 Å². The van der Waals surface area contributed by atoms with Crippen LogP contribution in [0.2, 0.25) is 0 Å². The molecule has 80 valence electrons. The number of aliphatic imine (C=N–C) groups is 1. The largest absolute Gasteiger partial charge is 0.375 e. The van der Waals surface area contributed by atoms with Crippen LogP contribution in [-0.2, 0) is 0 Å². The lowest BCUT2D eigenvalue weighted by atomic mass is 10.3. The maximum atomic E-state index is 4.21. The predicted molar refractivity (Wildman–Crippen MR) is 63.1 cm³/mol. The first-order chi connectivity index (χ1) is 6.79. The number of nitrogens with one attached hydrogen (secondary N) is 1. The smallest absolute Gasteiger partial charge is 0.149 e. The summed E-state index contributed by atoms with van der Waals surface area (Å²) < 4.78 is 0. The fourth-order valence-corrected chi connectivity index (χ4v) is 1.14. The number of nitrogens with zero attached hydrogens (tertiary/aromatic N) is 2. The van der Waals surface area contributed by atoms with Gasteiger partial charge in [-0.3, -0.25) is 0 Å². The Bertz CT molecular complexity index is 229. The Morgan fingerprint density at radius 2 is 2.29 bits per heavy atom. The van der Waals surface area contributed by atoms with Crippen LogP contribution in [0.15, 0.2) is 29.3 Å². The van der Waals surface area contributed by atoms with E-state index >= 15 is 0 Å². The van der Waals surface area contributed by atoms with Crippen molar-refractivity contribution in [3.8, 4) is 0 Å². The molecule has 0 aliphatic carbocycles. The monoisotopic (exact) mass is 195 g/mol. The molecule has 0 aromatic carbocycles. The Morgan fingerprint density at radius 3 is 2.79 bits per heavy atom. The van der Waals surface area contributed by atoms with E-state index in [-0.39, 0.29) is 0 Å². The molecule has 14 heavy (non-hydrogen) atoms. The fourth-order valence-electron chi connectivity index (χ4n) is 1.14. The molecule has 0 aromatic heterocycles. The van der Waals surface area contributed by atoms with Gasteiger partial charge in [0.15, 0.2) is 0 Å². The molecule has 0 unspecified atom stereocenters. The van der Waals surface area contributed by atoms with E-state index < -0.39 is 0 Å². The normalized spacial score (nSPS) is 13.4. The second-order valence-corrected chi connectivity index (χ2v) is 2.67. The Hall–Kier alpha value is -1.25. The first-order valence-corrected chi connectivity index (χ1v) is 5.13. The molecular weight excluding hydrogens is 174 g/mol. The second-order valence-electron chi connectivity index (χ2n) is 2.67. The van der Waals surface area contributed by atoms with Crippen molar-refractivity contribution in [1.29, 1.82) is 0 Å². The lowest BCUT2D eigenvalue weighted by molar-refractivity contribution is 0.431. The molecule has 3 nitrogen and oxygen atoms in total. The van der Waals surface area contributed by atoms with Crippen molar-refractivity contribution in [3.05, 3.63) is 24.3 Å². The van der Waals surface area contributed by atoms with E-state index in [1.54, 1.807) is 6.20 Å². The fraction of sp³-hybridized carbons (Fsp3) is 0.545. The van der Waals surface area contributed by atoms with Crippen molar-refractivity contribution in [3.63, 3.8) is 0 Å². The molecular formula is C11H21N3. The lowest BCUT2D eigenvalue weighted by Gasteiger charge is -2.18. The number of rotatable bonds is 4. The SMILES string of the molecule is C=CNC1=C(N(C)CC)CC=N1.CC. The molecule has 3 heteroatoms. The van der Waals surface area contributed by atoms with E-state index in [1.807, 2.05) is 20.1 Å². The lowest BCUT2D eigenvalue weighted by Crippen LogP contribution is -2.19. The Morgan fingerprint density at radius 1 is 1.64 bits per heavy atom. The van der Waals surface area contributed by atoms with Crippen molar-refractivity contribution in [2.24, 2.45) is 4.99 Å². The number of hydrogen-bond donors (Lipinski definition) is 1. The topological polar surface area (TPSA) is 27.6 Å². The van der Waals surface area contributed by atoms with Gasteiger partial charge in [-0.1, -0.05) is 20.4 Å². The zero-order chi connectivity index (χ0) is 11.0. The first kappa shape index (κ1) is 12.8. The third-order valence-electron chi connectivity index (χ3n) is 1.95. The first-order valence-electron chi connectivity index (χ1n) is 5.13. The summed E-state index contributed by atoms with van der Waals surface area (Å²) >= 11 is 0. The van der Waals surface area contributed by atoms with Crippen LogP contribution in [0, 0.1) is 0 Å². The molecule has 0 atom stereocenters. The summed E-state index contributed by atoms with van der Waals surface area (Å²) in [5, 5.41) is 3.01. The van der Waals surface area contributed by atoms with Crippen molar-refractivity contribution < 1.29 is 0 Å². The van der Waals surface area contributed by atoms with Crippen molar-refractivity contribution in [2.75, 3.05) is 13.6 Å². The average Bonchev–Trinajstić information content (AvgIpc) is 2.69. The Labute approximate surface area is 87.2 Å². The molecule has 0 bridgehead atoms. The summed E-state index contributed by atoms with van der Waals surface area (Å²) in [7, 11) is 2.06. The third-order valence-corrected chi connectivity index (χ3v) is 1.95. The number of allylic oxidation sites excluding steroid dienone is 1. The molecule has 1 rings (SSSR count). The van der Waals surface area contributed by atoms with Crippen LogP contribution >= 0.6 is 0 Å². The highest BCUT2D eigenvalue weighted by atomic mass is 15.2. The van der Waals surface area contributed by atoms with Crippen LogP contribution in [0.5, 0.6) is 0 Å². The van der Waals surface area contributed by atoms with E-state index in [2.05, 4.69) is 35.8 Å². The molecule has 0 saturated carbocycles. The molecule has 0 saturated heterocycles. The standard InChI is InChI=1S/C9H15N3.C2H6/c1-4-10-9-8(6-7-11-9)12(3)5-2;1-2/h4,7,10H,1,5-6H2,2-3H3;1-2H3. The van der Waals surface area contributed by atoms with Crippen LogP contribution in [0.1, 0.15) is 27.2 Å². The Kier molecular flexibility index (Phi) is 6.54. The van der Waals surface area contributed by atoms with E-state index in [4.69, 9.17) is 0 Å². The third kappa shape index (κ3) is 3.24. The average molecular weight is 195 g/mol. The quantitative estimate of drug-likeness (QED) is 0.745. The second kappa shape index (κ2) is 7.18. The van der Waals surface area contributed by atoms with Crippen LogP contribution < -0.4 is 5.32 Å².